The van der Waals surface area contributed by atoms with Crippen molar-refractivity contribution in [3.8, 4) is 0 Å². The SMILES string of the molecule is CN(C)CCCN(CCCN(C)C)C[SiH2]OC(C)(C)C. The first-order valence-electron chi connectivity index (χ1n) is 7.86. The number of rotatable bonds is 11. The lowest BCUT2D eigenvalue weighted by molar-refractivity contribution is 0.131. The molecule has 0 bridgehead atoms. The molecule has 0 spiro atoms. The molecular weight excluding hydrogens is 266 g/mol. The van der Waals surface area contributed by atoms with Gasteiger partial charge in [0.25, 0.3) is 0 Å². The molecule has 0 unspecified atom stereocenters. The highest BCUT2D eigenvalue weighted by atomic mass is 28.2. The monoisotopic (exact) mass is 303 g/mol. The van der Waals surface area contributed by atoms with Gasteiger partial charge in [-0.25, -0.2) is 0 Å². The molecular formula is C15H37N3OSi. The predicted molar refractivity (Wildman–Crippen MR) is 92.2 cm³/mol. The summed E-state index contributed by atoms with van der Waals surface area (Å²) in [7, 11) is 8.15. The average Bonchev–Trinajstić information content (AvgIpc) is 2.25. The fraction of sp³-hybridized carbons (Fsp3) is 1.00. The van der Waals surface area contributed by atoms with Gasteiger partial charge in [-0.3, -0.25) is 0 Å². The Kier molecular flexibility index (Phi) is 10.8. The van der Waals surface area contributed by atoms with Crippen molar-refractivity contribution in [3.05, 3.63) is 0 Å². The molecule has 0 aromatic rings. The predicted octanol–water partition coefficient (Wildman–Crippen LogP) is 1.05. The van der Waals surface area contributed by atoms with E-state index < -0.39 is 9.76 Å². The Balaban J connectivity index is 3.97. The maximum Gasteiger partial charge on any atom is 0.176 e. The summed E-state index contributed by atoms with van der Waals surface area (Å²) in [6.07, 6.45) is 3.68. The fourth-order valence-corrected chi connectivity index (χ4v) is 3.45. The van der Waals surface area contributed by atoms with Crippen molar-refractivity contribution in [1.29, 1.82) is 0 Å². The Morgan fingerprint density at radius 3 is 1.60 bits per heavy atom. The van der Waals surface area contributed by atoms with Crippen molar-refractivity contribution < 1.29 is 4.43 Å². The first-order valence-corrected chi connectivity index (χ1v) is 9.44. The van der Waals surface area contributed by atoms with Crippen LogP contribution in [-0.2, 0) is 4.43 Å². The van der Waals surface area contributed by atoms with Gasteiger partial charge in [0.05, 0.1) is 0 Å². The molecule has 0 N–H and O–H groups in total. The molecule has 0 aromatic carbocycles. The van der Waals surface area contributed by atoms with E-state index in [-0.39, 0.29) is 5.60 Å². The Hall–Kier alpha value is 0.0569. The molecule has 20 heavy (non-hydrogen) atoms. The lowest BCUT2D eigenvalue weighted by Crippen LogP contribution is -2.36. The molecule has 0 amide bonds. The summed E-state index contributed by atoms with van der Waals surface area (Å²) < 4.78 is 5.99. The van der Waals surface area contributed by atoms with E-state index in [9.17, 15) is 0 Å². The van der Waals surface area contributed by atoms with Crippen LogP contribution in [0.3, 0.4) is 0 Å². The molecule has 0 fully saturated rings. The Labute approximate surface area is 129 Å². The van der Waals surface area contributed by atoms with E-state index in [2.05, 4.69) is 63.7 Å². The van der Waals surface area contributed by atoms with Crippen LogP contribution in [0.4, 0.5) is 0 Å². The van der Waals surface area contributed by atoms with Crippen molar-refractivity contribution in [2.45, 2.75) is 39.2 Å². The molecule has 0 atom stereocenters. The van der Waals surface area contributed by atoms with Crippen molar-refractivity contribution in [2.24, 2.45) is 0 Å². The number of hydrogen-bond donors (Lipinski definition) is 0. The smallest absolute Gasteiger partial charge is 0.176 e. The fourth-order valence-electron chi connectivity index (χ4n) is 2.04. The van der Waals surface area contributed by atoms with Gasteiger partial charge in [0.15, 0.2) is 9.76 Å². The highest BCUT2D eigenvalue weighted by Crippen LogP contribution is 2.05. The van der Waals surface area contributed by atoms with E-state index >= 15 is 0 Å². The summed E-state index contributed by atoms with van der Waals surface area (Å²) in [5.74, 6) is 0. The summed E-state index contributed by atoms with van der Waals surface area (Å²) in [6.45, 7) is 11.2. The highest BCUT2D eigenvalue weighted by Gasteiger charge is 2.12. The summed E-state index contributed by atoms with van der Waals surface area (Å²) in [4.78, 5) is 7.13. The van der Waals surface area contributed by atoms with Gasteiger partial charge in [0.1, 0.15) is 0 Å². The Morgan fingerprint density at radius 2 is 1.25 bits per heavy atom. The summed E-state index contributed by atoms with van der Waals surface area (Å²) in [5.41, 5.74) is 0.0329. The van der Waals surface area contributed by atoms with Gasteiger partial charge in [-0.2, -0.15) is 0 Å². The van der Waals surface area contributed by atoms with Gasteiger partial charge in [-0.05, 0) is 88.0 Å². The molecule has 5 heteroatoms. The van der Waals surface area contributed by atoms with Crippen LogP contribution in [0.15, 0.2) is 0 Å². The Morgan fingerprint density at radius 1 is 0.800 bits per heavy atom. The third-order valence-electron chi connectivity index (χ3n) is 3.10. The lowest BCUT2D eigenvalue weighted by Gasteiger charge is -2.26. The van der Waals surface area contributed by atoms with Crippen LogP contribution in [0.2, 0.25) is 0 Å². The van der Waals surface area contributed by atoms with Gasteiger partial charge < -0.3 is 19.1 Å². The summed E-state index contributed by atoms with van der Waals surface area (Å²) >= 11 is 0. The zero-order valence-electron chi connectivity index (χ0n) is 14.9. The first kappa shape index (κ1) is 20.1. The maximum absolute atomic E-state index is 5.99. The van der Waals surface area contributed by atoms with Crippen LogP contribution in [0, 0.1) is 0 Å². The quantitative estimate of drug-likeness (QED) is 0.531. The van der Waals surface area contributed by atoms with E-state index in [0.717, 1.165) is 0 Å². The van der Waals surface area contributed by atoms with Gasteiger partial charge in [-0.1, -0.05) is 0 Å². The molecule has 4 nitrogen and oxygen atoms in total. The van der Waals surface area contributed by atoms with Crippen LogP contribution < -0.4 is 0 Å². The second-order valence-electron chi connectivity index (χ2n) is 7.12. The number of nitrogens with zero attached hydrogens (tertiary/aromatic N) is 3. The van der Waals surface area contributed by atoms with E-state index in [0.29, 0.717) is 0 Å². The van der Waals surface area contributed by atoms with Crippen LogP contribution in [0.1, 0.15) is 33.6 Å². The van der Waals surface area contributed by atoms with Crippen LogP contribution >= 0.6 is 0 Å². The Bertz CT molecular complexity index is 216. The molecule has 122 valence electrons. The minimum absolute atomic E-state index is 0.0329. The third-order valence-corrected chi connectivity index (χ3v) is 4.99. The van der Waals surface area contributed by atoms with Gasteiger partial charge in [0, 0.05) is 11.8 Å². The molecule has 0 aliphatic carbocycles. The van der Waals surface area contributed by atoms with Gasteiger partial charge >= 0.3 is 0 Å². The molecule has 0 heterocycles. The first-order chi connectivity index (χ1) is 9.20. The maximum atomic E-state index is 5.99. The highest BCUT2D eigenvalue weighted by molar-refractivity contribution is 6.27. The van der Waals surface area contributed by atoms with Crippen molar-refractivity contribution in [1.82, 2.24) is 14.7 Å². The van der Waals surface area contributed by atoms with Crippen LogP contribution in [-0.4, -0.2) is 90.6 Å². The lowest BCUT2D eigenvalue weighted by atomic mass is 10.2. The third kappa shape index (κ3) is 14.5. The molecule has 0 rings (SSSR count). The zero-order chi connectivity index (χ0) is 15.6. The standard InChI is InChI=1S/C15H37N3OSi/c1-15(2,3)19-20-14-18(12-8-10-16(4)5)13-9-11-17(6)7/h8-14,20H2,1-7H3. The van der Waals surface area contributed by atoms with E-state index in [1.54, 1.807) is 0 Å². The normalized spacial score (nSPS) is 13.5. The second-order valence-corrected chi connectivity index (χ2v) is 8.26. The van der Waals surface area contributed by atoms with Crippen molar-refractivity contribution >= 4 is 9.76 Å². The van der Waals surface area contributed by atoms with E-state index in [4.69, 9.17) is 4.43 Å². The molecule has 0 saturated carbocycles. The second kappa shape index (κ2) is 10.7. The van der Waals surface area contributed by atoms with Gasteiger partial charge in [-0.15, -0.1) is 0 Å². The molecule has 0 saturated heterocycles. The molecule has 0 radical (unpaired) electrons. The molecule has 0 aliphatic rings. The zero-order valence-corrected chi connectivity index (χ0v) is 16.3. The van der Waals surface area contributed by atoms with E-state index in [1.807, 2.05) is 0 Å². The van der Waals surface area contributed by atoms with Crippen LogP contribution in [0.25, 0.3) is 0 Å². The minimum Gasteiger partial charge on any atom is -0.418 e. The van der Waals surface area contributed by atoms with Gasteiger partial charge in [0.2, 0.25) is 0 Å². The van der Waals surface area contributed by atoms with Crippen molar-refractivity contribution in [3.63, 3.8) is 0 Å². The molecule has 0 aliphatic heterocycles. The minimum atomic E-state index is -0.436. The topological polar surface area (TPSA) is 19.0 Å². The summed E-state index contributed by atoms with van der Waals surface area (Å²) in [6, 6.07) is 0. The van der Waals surface area contributed by atoms with Crippen LogP contribution in [0.5, 0.6) is 0 Å². The summed E-state index contributed by atoms with van der Waals surface area (Å²) in [5, 5.41) is 0. The van der Waals surface area contributed by atoms with E-state index in [1.165, 1.54) is 45.2 Å². The largest absolute Gasteiger partial charge is 0.418 e. The van der Waals surface area contributed by atoms with Crippen molar-refractivity contribution in [2.75, 3.05) is 60.5 Å². The average molecular weight is 304 g/mol. The molecule has 0 aromatic heterocycles. The number of hydrogen-bond acceptors (Lipinski definition) is 4.